The van der Waals surface area contributed by atoms with Crippen LogP contribution < -0.4 is 5.69 Å². The molecule has 2 fully saturated rings. The molecule has 6 nitrogen and oxygen atoms in total. The average Bonchev–Trinajstić information content (AvgIpc) is 3.45. The van der Waals surface area contributed by atoms with Gasteiger partial charge in [0.2, 0.25) is 0 Å². The molecule has 6 heteroatoms. The van der Waals surface area contributed by atoms with Crippen LogP contribution in [-0.2, 0) is 11.2 Å². The maximum Gasteiger partial charge on any atom is 0.347 e. The van der Waals surface area contributed by atoms with Crippen molar-refractivity contribution in [2.45, 2.75) is 44.9 Å². The highest BCUT2D eigenvalue weighted by Gasteiger charge is 2.33. The van der Waals surface area contributed by atoms with Crippen molar-refractivity contribution in [2.24, 2.45) is 17.8 Å². The maximum atomic E-state index is 12.5. The first-order valence-electron chi connectivity index (χ1n) is 12.0. The number of aromatic nitrogens is 4. The Labute approximate surface area is 192 Å². The fourth-order valence-corrected chi connectivity index (χ4v) is 5.25. The van der Waals surface area contributed by atoms with Crippen molar-refractivity contribution in [3.8, 4) is 16.8 Å². The molecular formula is C27H28N4O2. The van der Waals surface area contributed by atoms with E-state index in [4.69, 9.17) is 0 Å². The molecule has 0 saturated heterocycles. The van der Waals surface area contributed by atoms with E-state index in [-0.39, 0.29) is 5.69 Å². The van der Waals surface area contributed by atoms with Crippen molar-refractivity contribution in [3.05, 3.63) is 71.0 Å². The van der Waals surface area contributed by atoms with Gasteiger partial charge in [0.25, 0.3) is 0 Å². The number of rotatable bonds is 8. The number of carbonyl (C=O) groups is 1. The first-order valence-corrected chi connectivity index (χ1v) is 12.0. The third kappa shape index (κ3) is 4.06. The number of benzene rings is 2. The standard InChI is InChI=1S/C27H28N4O2/c32-25(21-3-4-21)10-1-17-13-18(14-17)15-26-29-30-27(33)31(26)23-8-6-19(7-9-23)22-5-2-20-11-12-28-24(20)16-22/h2,5-9,11-12,16-18,21,28H,1,3-4,10,13-15H2,(H,30,33). The number of ketones is 1. The van der Waals surface area contributed by atoms with Crippen molar-refractivity contribution < 1.29 is 4.79 Å². The van der Waals surface area contributed by atoms with E-state index in [1.54, 1.807) is 4.57 Å². The minimum absolute atomic E-state index is 0.198. The molecule has 0 bridgehead atoms. The van der Waals surface area contributed by atoms with Crippen molar-refractivity contribution in [1.29, 1.82) is 0 Å². The van der Waals surface area contributed by atoms with E-state index in [1.807, 2.05) is 18.3 Å². The maximum absolute atomic E-state index is 12.5. The zero-order chi connectivity index (χ0) is 22.4. The lowest BCUT2D eigenvalue weighted by Gasteiger charge is -2.35. The molecule has 0 aliphatic heterocycles. The third-order valence-electron chi connectivity index (χ3n) is 7.39. The highest BCUT2D eigenvalue weighted by molar-refractivity contribution is 5.85. The molecule has 2 N–H and O–H groups in total. The number of nitrogens with one attached hydrogen (secondary N) is 2. The van der Waals surface area contributed by atoms with Gasteiger partial charge in [0.05, 0.1) is 5.69 Å². The van der Waals surface area contributed by atoms with Gasteiger partial charge in [-0.25, -0.2) is 14.5 Å². The van der Waals surface area contributed by atoms with Gasteiger partial charge in [-0.2, -0.15) is 5.10 Å². The second kappa shape index (κ2) is 8.18. The Balaban J connectivity index is 1.12. The number of aromatic amines is 2. The molecule has 6 rings (SSSR count). The summed E-state index contributed by atoms with van der Waals surface area (Å²) in [5.74, 6) is 2.82. The monoisotopic (exact) mass is 440 g/mol. The summed E-state index contributed by atoms with van der Waals surface area (Å²) in [4.78, 5) is 27.7. The van der Waals surface area contributed by atoms with Crippen molar-refractivity contribution in [1.82, 2.24) is 19.7 Å². The molecule has 0 atom stereocenters. The Hall–Kier alpha value is -3.41. The van der Waals surface area contributed by atoms with Crippen LogP contribution in [0, 0.1) is 17.8 Å². The second-order valence-electron chi connectivity index (χ2n) is 9.79. The zero-order valence-electron chi connectivity index (χ0n) is 18.6. The molecule has 2 aromatic heterocycles. The van der Waals surface area contributed by atoms with E-state index in [1.165, 1.54) is 5.39 Å². The molecular weight excluding hydrogens is 412 g/mol. The van der Waals surface area contributed by atoms with E-state index in [0.717, 1.165) is 73.1 Å². The number of fused-ring (bicyclic) bond motifs is 1. The van der Waals surface area contributed by atoms with Crippen LogP contribution in [0.5, 0.6) is 0 Å². The fourth-order valence-electron chi connectivity index (χ4n) is 5.25. The Morgan fingerprint density at radius 2 is 1.79 bits per heavy atom. The Morgan fingerprint density at radius 1 is 1.00 bits per heavy atom. The second-order valence-corrected chi connectivity index (χ2v) is 9.79. The van der Waals surface area contributed by atoms with Crippen LogP contribution in [0.3, 0.4) is 0 Å². The van der Waals surface area contributed by atoms with Crippen LogP contribution in [0.25, 0.3) is 27.7 Å². The lowest BCUT2D eigenvalue weighted by atomic mass is 9.71. The summed E-state index contributed by atoms with van der Waals surface area (Å²) in [6.45, 7) is 0. The number of hydrogen-bond acceptors (Lipinski definition) is 3. The number of carbonyl (C=O) groups excluding carboxylic acids is 1. The van der Waals surface area contributed by atoms with Crippen LogP contribution in [-0.4, -0.2) is 25.5 Å². The van der Waals surface area contributed by atoms with Crippen molar-refractivity contribution >= 4 is 16.7 Å². The summed E-state index contributed by atoms with van der Waals surface area (Å²) in [5.41, 5.74) is 3.99. The smallest absolute Gasteiger partial charge is 0.347 e. The largest absolute Gasteiger partial charge is 0.361 e. The van der Waals surface area contributed by atoms with Crippen LogP contribution in [0.4, 0.5) is 0 Å². The highest BCUT2D eigenvalue weighted by Crippen LogP contribution is 2.40. The summed E-state index contributed by atoms with van der Waals surface area (Å²) in [6, 6.07) is 16.5. The molecule has 168 valence electrons. The minimum atomic E-state index is -0.198. The normalized spacial score (nSPS) is 20.1. The van der Waals surface area contributed by atoms with Crippen LogP contribution in [0.15, 0.2) is 59.5 Å². The van der Waals surface area contributed by atoms with Gasteiger partial charge in [-0.05, 0) is 84.7 Å². The zero-order valence-corrected chi connectivity index (χ0v) is 18.6. The number of nitrogens with zero attached hydrogens (tertiary/aromatic N) is 2. The lowest BCUT2D eigenvalue weighted by Crippen LogP contribution is -2.28. The fraction of sp³-hybridized carbons (Fsp3) is 0.370. The molecule has 0 amide bonds. The van der Waals surface area contributed by atoms with Gasteiger partial charge >= 0.3 is 5.69 Å². The molecule has 2 saturated carbocycles. The van der Waals surface area contributed by atoms with Gasteiger partial charge in [-0.3, -0.25) is 4.79 Å². The molecule has 0 unspecified atom stereocenters. The van der Waals surface area contributed by atoms with Gasteiger partial charge in [-0.1, -0.05) is 24.3 Å². The van der Waals surface area contributed by atoms with E-state index < -0.39 is 0 Å². The quantitative estimate of drug-likeness (QED) is 0.403. The summed E-state index contributed by atoms with van der Waals surface area (Å²) >= 11 is 0. The summed E-state index contributed by atoms with van der Waals surface area (Å²) in [7, 11) is 0. The molecule has 0 radical (unpaired) electrons. The Morgan fingerprint density at radius 3 is 2.58 bits per heavy atom. The van der Waals surface area contributed by atoms with Gasteiger partial charge in [0.15, 0.2) is 0 Å². The third-order valence-corrected chi connectivity index (χ3v) is 7.39. The van der Waals surface area contributed by atoms with Gasteiger partial charge < -0.3 is 4.98 Å². The van der Waals surface area contributed by atoms with E-state index in [2.05, 4.69) is 51.6 Å². The SMILES string of the molecule is O=C(CCC1CC(Cc2n[nH]c(=O)n2-c2ccc(-c3ccc4cc[nH]c4c3)cc2)C1)C1CC1. The van der Waals surface area contributed by atoms with Crippen LogP contribution >= 0.6 is 0 Å². The van der Waals surface area contributed by atoms with E-state index in [9.17, 15) is 9.59 Å². The van der Waals surface area contributed by atoms with Crippen LogP contribution in [0.1, 0.15) is 44.3 Å². The number of H-pyrrole nitrogens is 2. The van der Waals surface area contributed by atoms with E-state index >= 15 is 0 Å². The van der Waals surface area contributed by atoms with Gasteiger partial charge in [0.1, 0.15) is 11.6 Å². The topological polar surface area (TPSA) is 83.5 Å². The molecule has 33 heavy (non-hydrogen) atoms. The Kier molecular flexibility index (Phi) is 5.01. The predicted molar refractivity (Wildman–Crippen MR) is 128 cm³/mol. The first kappa shape index (κ1) is 20.2. The summed E-state index contributed by atoms with van der Waals surface area (Å²) in [6.07, 6.45) is 8.96. The summed E-state index contributed by atoms with van der Waals surface area (Å²) < 4.78 is 1.70. The lowest BCUT2D eigenvalue weighted by molar-refractivity contribution is -0.120. The predicted octanol–water partition coefficient (Wildman–Crippen LogP) is 5.04. The number of Topliss-reactive ketones (excluding diaryl/α,β-unsaturated/α-hetero) is 1. The van der Waals surface area contributed by atoms with Gasteiger partial charge in [0, 0.05) is 30.5 Å². The minimum Gasteiger partial charge on any atom is -0.361 e. The average molecular weight is 441 g/mol. The van der Waals surface area contributed by atoms with Crippen molar-refractivity contribution in [2.75, 3.05) is 0 Å². The van der Waals surface area contributed by atoms with Gasteiger partial charge in [-0.15, -0.1) is 0 Å². The van der Waals surface area contributed by atoms with Crippen LogP contribution in [0.2, 0.25) is 0 Å². The molecule has 2 aliphatic carbocycles. The molecule has 2 heterocycles. The summed E-state index contributed by atoms with van der Waals surface area (Å²) in [5, 5.41) is 8.15. The number of hydrogen-bond donors (Lipinski definition) is 2. The van der Waals surface area contributed by atoms with E-state index in [0.29, 0.717) is 23.5 Å². The Bertz CT molecular complexity index is 1350. The van der Waals surface area contributed by atoms with Crippen molar-refractivity contribution in [3.63, 3.8) is 0 Å². The molecule has 4 aromatic rings. The molecule has 2 aliphatic rings. The first-order chi connectivity index (χ1) is 16.1. The highest BCUT2D eigenvalue weighted by atomic mass is 16.1. The molecule has 0 spiro atoms. The molecule has 2 aromatic carbocycles.